The van der Waals surface area contributed by atoms with Crippen LogP contribution in [0.2, 0.25) is 0 Å². The van der Waals surface area contributed by atoms with E-state index in [9.17, 15) is 0 Å². The van der Waals surface area contributed by atoms with E-state index in [1.54, 1.807) is 6.42 Å². The smallest absolute Gasteiger partial charge is 0.0146 e. The molecule has 0 amide bonds. The SMILES string of the molecule is CC12CCCC1C1=C(CC2)C2CCCCC2CC1. The van der Waals surface area contributed by atoms with Crippen molar-refractivity contribution in [1.29, 1.82) is 0 Å². The van der Waals surface area contributed by atoms with Crippen molar-refractivity contribution in [2.24, 2.45) is 23.2 Å². The molecule has 4 atom stereocenters. The topological polar surface area (TPSA) is 0 Å². The molecule has 0 radical (unpaired) electrons. The van der Waals surface area contributed by atoms with Gasteiger partial charge in [-0.15, -0.1) is 0 Å². The van der Waals surface area contributed by atoms with Crippen LogP contribution in [-0.4, -0.2) is 0 Å². The van der Waals surface area contributed by atoms with Crippen LogP contribution >= 0.6 is 0 Å². The Morgan fingerprint density at radius 2 is 1.72 bits per heavy atom. The lowest BCUT2D eigenvalue weighted by atomic mass is 9.58. The van der Waals surface area contributed by atoms with E-state index in [4.69, 9.17) is 0 Å². The van der Waals surface area contributed by atoms with Crippen molar-refractivity contribution < 1.29 is 0 Å². The lowest BCUT2D eigenvalue weighted by Gasteiger charge is -2.47. The van der Waals surface area contributed by atoms with Gasteiger partial charge in [-0.25, -0.2) is 0 Å². The fourth-order valence-corrected chi connectivity index (χ4v) is 6.04. The molecular weight excluding hydrogens is 216 g/mol. The molecule has 4 rings (SSSR count). The molecule has 0 aromatic rings. The largest absolute Gasteiger partial charge is 0.0673 e. The molecule has 0 aromatic heterocycles. The van der Waals surface area contributed by atoms with Crippen LogP contribution in [0.25, 0.3) is 0 Å². The molecule has 0 saturated heterocycles. The highest BCUT2D eigenvalue weighted by Crippen LogP contribution is 2.59. The number of fused-ring (bicyclic) bond motifs is 4. The van der Waals surface area contributed by atoms with Gasteiger partial charge in [-0.1, -0.05) is 37.3 Å². The average molecular weight is 244 g/mol. The van der Waals surface area contributed by atoms with Crippen LogP contribution in [0.5, 0.6) is 0 Å². The zero-order chi connectivity index (χ0) is 12.2. The van der Waals surface area contributed by atoms with Crippen molar-refractivity contribution in [2.75, 3.05) is 0 Å². The molecule has 4 aliphatic rings. The van der Waals surface area contributed by atoms with E-state index in [0.29, 0.717) is 5.41 Å². The zero-order valence-corrected chi connectivity index (χ0v) is 12.0. The lowest BCUT2D eigenvalue weighted by molar-refractivity contribution is 0.165. The molecule has 18 heavy (non-hydrogen) atoms. The van der Waals surface area contributed by atoms with E-state index < -0.39 is 0 Å². The van der Waals surface area contributed by atoms with Crippen LogP contribution in [0.4, 0.5) is 0 Å². The first-order valence-corrected chi connectivity index (χ1v) is 8.50. The molecule has 4 unspecified atom stereocenters. The van der Waals surface area contributed by atoms with Gasteiger partial charge in [0.25, 0.3) is 0 Å². The predicted octanol–water partition coefficient (Wildman–Crippen LogP) is 5.48. The highest BCUT2D eigenvalue weighted by atomic mass is 14.5. The van der Waals surface area contributed by atoms with Crippen molar-refractivity contribution in [1.82, 2.24) is 0 Å². The molecule has 2 fully saturated rings. The third-order valence-electron chi connectivity index (χ3n) is 7.02. The fraction of sp³-hybridized carbons (Fsp3) is 0.889. The molecule has 0 heterocycles. The monoisotopic (exact) mass is 244 g/mol. The summed E-state index contributed by atoms with van der Waals surface area (Å²) in [5.41, 5.74) is 4.69. The minimum absolute atomic E-state index is 0.709. The summed E-state index contributed by atoms with van der Waals surface area (Å²) in [5.74, 6) is 3.13. The molecule has 0 bridgehead atoms. The summed E-state index contributed by atoms with van der Waals surface area (Å²) < 4.78 is 0. The summed E-state index contributed by atoms with van der Waals surface area (Å²) >= 11 is 0. The zero-order valence-electron chi connectivity index (χ0n) is 12.0. The highest BCUT2D eigenvalue weighted by molar-refractivity contribution is 5.30. The van der Waals surface area contributed by atoms with Crippen LogP contribution in [0, 0.1) is 23.2 Å². The predicted molar refractivity (Wildman–Crippen MR) is 76.4 cm³/mol. The van der Waals surface area contributed by atoms with Gasteiger partial charge in [-0.3, -0.25) is 0 Å². The van der Waals surface area contributed by atoms with E-state index in [1.165, 1.54) is 64.2 Å². The van der Waals surface area contributed by atoms with E-state index in [1.807, 2.05) is 11.1 Å². The molecule has 0 N–H and O–H groups in total. The van der Waals surface area contributed by atoms with Crippen LogP contribution in [0.3, 0.4) is 0 Å². The Morgan fingerprint density at radius 1 is 0.833 bits per heavy atom. The second-order valence-electron chi connectivity index (χ2n) is 7.84. The van der Waals surface area contributed by atoms with Gasteiger partial charge in [0.1, 0.15) is 0 Å². The summed E-state index contributed by atoms with van der Waals surface area (Å²) in [4.78, 5) is 0. The first kappa shape index (κ1) is 11.6. The molecule has 4 aliphatic carbocycles. The Balaban J connectivity index is 1.70. The Hall–Kier alpha value is -0.260. The van der Waals surface area contributed by atoms with Gasteiger partial charge in [0, 0.05) is 0 Å². The van der Waals surface area contributed by atoms with Gasteiger partial charge in [-0.05, 0) is 74.5 Å². The van der Waals surface area contributed by atoms with Crippen molar-refractivity contribution in [3.8, 4) is 0 Å². The summed E-state index contributed by atoms with van der Waals surface area (Å²) in [6.45, 7) is 2.60. The first-order chi connectivity index (χ1) is 8.78. The maximum atomic E-state index is 2.60. The third kappa shape index (κ3) is 1.57. The maximum absolute atomic E-state index is 2.60. The molecule has 0 aliphatic heterocycles. The van der Waals surface area contributed by atoms with Gasteiger partial charge < -0.3 is 0 Å². The standard InChI is InChI=1S/C18H28/c1-18-11-4-7-17(18)16-9-8-13-5-2-3-6-14(13)15(16)10-12-18/h13-14,17H,2-12H2,1H3. The quantitative estimate of drug-likeness (QED) is 0.495. The minimum atomic E-state index is 0.709. The Bertz CT molecular complexity index is 377. The summed E-state index contributed by atoms with van der Waals surface area (Å²) in [6, 6.07) is 0. The number of rotatable bonds is 0. The van der Waals surface area contributed by atoms with E-state index in [0.717, 1.165) is 17.8 Å². The average Bonchev–Trinajstić information content (AvgIpc) is 2.80. The van der Waals surface area contributed by atoms with E-state index >= 15 is 0 Å². The molecule has 0 nitrogen and oxygen atoms in total. The van der Waals surface area contributed by atoms with Gasteiger partial charge >= 0.3 is 0 Å². The lowest BCUT2D eigenvalue weighted by Crippen LogP contribution is -2.35. The molecule has 0 spiro atoms. The second-order valence-corrected chi connectivity index (χ2v) is 7.84. The third-order valence-corrected chi connectivity index (χ3v) is 7.02. The van der Waals surface area contributed by atoms with Gasteiger partial charge in [0.15, 0.2) is 0 Å². The number of hydrogen-bond acceptors (Lipinski definition) is 0. The van der Waals surface area contributed by atoms with Crippen molar-refractivity contribution in [3.63, 3.8) is 0 Å². The van der Waals surface area contributed by atoms with Crippen LogP contribution < -0.4 is 0 Å². The first-order valence-electron chi connectivity index (χ1n) is 8.50. The maximum Gasteiger partial charge on any atom is -0.0146 e. The van der Waals surface area contributed by atoms with Crippen LogP contribution in [0.1, 0.15) is 77.6 Å². The Labute approximate surface area is 112 Å². The van der Waals surface area contributed by atoms with Crippen LogP contribution in [-0.2, 0) is 0 Å². The number of allylic oxidation sites excluding steroid dienone is 2. The minimum Gasteiger partial charge on any atom is -0.0673 e. The van der Waals surface area contributed by atoms with E-state index in [-0.39, 0.29) is 0 Å². The summed E-state index contributed by atoms with van der Waals surface area (Å²) in [5, 5.41) is 0. The Morgan fingerprint density at radius 3 is 2.67 bits per heavy atom. The molecule has 0 heteroatoms. The van der Waals surface area contributed by atoms with Crippen molar-refractivity contribution in [3.05, 3.63) is 11.1 Å². The fourth-order valence-electron chi connectivity index (χ4n) is 6.04. The molecular formula is C18H28. The normalized spacial score (nSPS) is 47.5. The van der Waals surface area contributed by atoms with Gasteiger partial charge in [0.05, 0.1) is 0 Å². The summed E-state index contributed by atoms with van der Waals surface area (Å²) in [7, 11) is 0. The second kappa shape index (κ2) is 4.12. The highest BCUT2D eigenvalue weighted by Gasteiger charge is 2.47. The van der Waals surface area contributed by atoms with Gasteiger partial charge in [0.2, 0.25) is 0 Å². The molecule has 0 aromatic carbocycles. The molecule has 2 saturated carbocycles. The molecule has 100 valence electrons. The van der Waals surface area contributed by atoms with Crippen LogP contribution in [0.15, 0.2) is 11.1 Å². The van der Waals surface area contributed by atoms with Crippen molar-refractivity contribution in [2.45, 2.75) is 77.6 Å². The van der Waals surface area contributed by atoms with Crippen molar-refractivity contribution >= 4 is 0 Å². The van der Waals surface area contributed by atoms with Gasteiger partial charge in [-0.2, -0.15) is 0 Å². The summed E-state index contributed by atoms with van der Waals surface area (Å²) in [6.07, 6.45) is 16.7. The number of hydrogen-bond donors (Lipinski definition) is 0. The van der Waals surface area contributed by atoms with E-state index in [2.05, 4.69) is 6.92 Å². The Kier molecular flexibility index (Phi) is 2.64.